The van der Waals surface area contributed by atoms with Gasteiger partial charge in [-0.15, -0.1) is 0 Å². The van der Waals surface area contributed by atoms with Crippen LogP contribution >= 0.6 is 0 Å². The SMILES string of the molecule is c1ccc(-c2cc(-c3cc(-c4nc(-c5ccccc5)nc(-c5ccccc5)n4)c(-c4ccccc4)cc3N3c4ccccc4N(c4nc(-c5ccccc5)cc(-c5ccccc5)n4)c4ccccc43)nc(-c3ccccc3)n2)cc1. The molecular formula is C71H47N9. The van der Waals surface area contributed by atoms with Crippen LogP contribution < -0.4 is 9.80 Å². The Hall–Kier alpha value is -11.0. The zero-order chi connectivity index (χ0) is 53.2. The van der Waals surface area contributed by atoms with Crippen molar-refractivity contribution in [3.8, 4) is 102 Å². The second-order valence-corrected chi connectivity index (χ2v) is 19.3. The molecule has 0 saturated carbocycles. The fourth-order valence-electron chi connectivity index (χ4n) is 10.5. The molecular weight excluding hydrogens is 979 g/mol. The van der Waals surface area contributed by atoms with E-state index in [0.29, 0.717) is 34.9 Å². The third kappa shape index (κ3) is 9.10. The third-order valence-corrected chi connectivity index (χ3v) is 14.3. The molecule has 0 N–H and O–H groups in total. The van der Waals surface area contributed by atoms with Crippen molar-refractivity contribution in [2.24, 2.45) is 0 Å². The van der Waals surface area contributed by atoms with E-state index in [1.54, 1.807) is 0 Å². The van der Waals surface area contributed by atoms with E-state index in [1.807, 2.05) is 140 Å². The van der Waals surface area contributed by atoms with Gasteiger partial charge < -0.3 is 4.90 Å². The number of fused-ring (bicyclic) bond motifs is 2. The molecule has 4 heterocycles. The molecule has 13 aromatic rings. The lowest BCUT2D eigenvalue weighted by Crippen LogP contribution is -2.25. The molecule has 376 valence electrons. The zero-order valence-corrected chi connectivity index (χ0v) is 43.2. The number of rotatable bonds is 11. The molecule has 1 aliphatic rings. The molecule has 80 heavy (non-hydrogen) atoms. The maximum atomic E-state index is 5.55. The van der Waals surface area contributed by atoms with E-state index in [9.17, 15) is 0 Å². The van der Waals surface area contributed by atoms with E-state index >= 15 is 0 Å². The third-order valence-electron chi connectivity index (χ3n) is 14.3. The second kappa shape index (κ2) is 20.8. The van der Waals surface area contributed by atoms with Crippen molar-refractivity contribution in [2.75, 3.05) is 9.80 Å². The number of hydrogen-bond donors (Lipinski definition) is 0. The van der Waals surface area contributed by atoms with Crippen LogP contribution in [0.25, 0.3) is 102 Å². The standard InChI is InChI=1S/C71H47N9/c1-8-26-48(27-9-1)55-45-66(79-62-40-22-24-42-64(62)80(65-43-25-23-41-63(65)79)71-74-59(50-30-12-3-13-31-50)46-60(75-71)51-32-14-4-15-33-51)57(61-47-58(49-28-10-2-11-29-49)72-67(73-61)52-34-16-5-17-35-52)44-56(55)70-77-68(53-36-18-6-19-37-53)76-69(78-70)54-38-20-7-21-39-54/h1-47H. The highest BCUT2D eigenvalue weighted by Gasteiger charge is 2.35. The van der Waals surface area contributed by atoms with Crippen molar-refractivity contribution < 1.29 is 0 Å². The summed E-state index contributed by atoms with van der Waals surface area (Å²) < 4.78 is 0. The van der Waals surface area contributed by atoms with Crippen LogP contribution in [0.5, 0.6) is 0 Å². The van der Waals surface area contributed by atoms with Gasteiger partial charge in [0.25, 0.3) is 0 Å². The minimum absolute atomic E-state index is 0.514. The predicted molar refractivity (Wildman–Crippen MR) is 323 cm³/mol. The molecule has 9 heteroatoms. The largest absolute Gasteiger partial charge is 0.306 e. The fourth-order valence-corrected chi connectivity index (χ4v) is 10.5. The quantitative estimate of drug-likeness (QED) is 0.125. The number of benzene rings is 10. The predicted octanol–water partition coefficient (Wildman–Crippen LogP) is 17.7. The highest BCUT2D eigenvalue weighted by Crippen LogP contribution is 2.56. The summed E-state index contributed by atoms with van der Waals surface area (Å²) in [5.74, 6) is 2.77. The summed E-state index contributed by atoms with van der Waals surface area (Å²) in [7, 11) is 0. The monoisotopic (exact) mass is 1030 g/mol. The first-order valence-electron chi connectivity index (χ1n) is 26.6. The lowest BCUT2D eigenvalue weighted by atomic mass is 9.92. The highest BCUT2D eigenvalue weighted by molar-refractivity contribution is 6.05. The average Bonchev–Trinajstić information content (AvgIpc) is 3.66. The summed E-state index contributed by atoms with van der Waals surface area (Å²) in [6.45, 7) is 0. The topological polar surface area (TPSA) is 96.7 Å². The van der Waals surface area contributed by atoms with Gasteiger partial charge in [0.05, 0.1) is 51.2 Å². The van der Waals surface area contributed by atoms with Crippen LogP contribution in [0.2, 0.25) is 0 Å². The first kappa shape index (κ1) is 47.4. The number of aromatic nitrogens is 7. The Kier molecular flexibility index (Phi) is 12.3. The second-order valence-electron chi connectivity index (χ2n) is 19.3. The van der Waals surface area contributed by atoms with Crippen molar-refractivity contribution in [3.05, 3.63) is 285 Å². The number of hydrogen-bond acceptors (Lipinski definition) is 9. The Morgan fingerprint density at radius 1 is 0.188 bits per heavy atom. The highest BCUT2D eigenvalue weighted by atomic mass is 15.3. The molecule has 0 spiro atoms. The molecule has 0 bridgehead atoms. The van der Waals surface area contributed by atoms with Crippen LogP contribution in [-0.4, -0.2) is 34.9 Å². The molecule has 14 rings (SSSR count). The van der Waals surface area contributed by atoms with Gasteiger partial charge in [-0.2, -0.15) is 0 Å². The zero-order valence-electron chi connectivity index (χ0n) is 43.2. The molecule has 0 saturated heterocycles. The van der Waals surface area contributed by atoms with E-state index in [0.717, 1.165) is 101 Å². The van der Waals surface area contributed by atoms with Gasteiger partial charge in [0.2, 0.25) is 5.95 Å². The Labute approximate surface area is 463 Å². The van der Waals surface area contributed by atoms with Crippen LogP contribution in [0, 0.1) is 0 Å². The van der Waals surface area contributed by atoms with Crippen molar-refractivity contribution in [1.82, 2.24) is 34.9 Å². The van der Waals surface area contributed by atoms with Crippen LogP contribution in [0.4, 0.5) is 34.4 Å². The maximum Gasteiger partial charge on any atom is 0.235 e. The molecule has 0 amide bonds. The summed E-state index contributed by atoms with van der Waals surface area (Å²) in [4.78, 5) is 42.1. The van der Waals surface area contributed by atoms with Crippen LogP contribution in [0.1, 0.15) is 0 Å². The molecule has 0 radical (unpaired) electrons. The van der Waals surface area contributed by atoms with E-state index in [2.05, 4.69) is 155 Å². The van der Waals surface area contributed by atoms with Gasteiger partial charge in [0.1, 0.15) is 0 Å². The number of nitrogens with zero attached hydrogens (tertiary/aromatic N) is 9. The lowest BCUT2D eigenvalue weighted by Gasteiger charge is -2.40. The van der Waals surface area contributed by atoms with E-state index in [4.69, 9.17) is 34.9 Å². The Morgan fingerprint density at radius 3 is 0.925 bits per heavy atom. The summed E-state index contributed by atoms with van der Waals surface area (Å²) in [6, 6.07) is 97.5. The molecule has 0 unspecified atom stereocenters. The van der Waals surface area contributed by atoms with Gasteiger partial charge in [0.15, 0.2) is 23.3 Å². The summed E-state index contributed by atoms with van der Waals surface area (Å²) in [5, 5.41) is 0. The maximum absolute atomic E-state index is 5.55. The smallest absolute Gasteiger partial charge is 0.235 e. The van der Waals surface area contributed by atoms with Gasteiger partial charge >= 0.3 is 0 Å². The molecule has 10 aromatic carbocycles. The van der Waals surface area contributed by atoms with Gasteiger partial charge in [-0.25, -0.2) is 34.9 Å². The van der Waals surface area contributed by atoms with Crippen LogP contribution in [0.3, 0.4) is 0 Å². The average molecular weight is 1030 g/mol. The lowest BCUT2D eigenvalue weighted by molar-refractivity contribution is 1.06. The first-order valence-corrected chi connectivity index (χ1v) is 26.6. The number of para-hydroxylation sites is 4. The van der Waals surface area contributed by atoms with Gasteiger partial charge in [-0.1, -0.05) is 237 Å². The van der Waals surface area contributed by atoms with Gasteiger partial charge in [-0.3, -0.25) is 4.90 Å². The molecule has 1 aliphatic heterocycles. The van der Waals surface area contributed by atoms with Crippen molar-refractivity contribution in [2.45, 2.75) is 0 Å². The van der Waals surface area contributed by atoms with Crippen molar-refractivity contribution in [1.29, 1.82) is 0 Å². The Balaban J connectivity index is 1.07. The van der Waals surface area contributed by atoms with E-state index in [-0.39, 0.29) is 0 Å². The van der Waals surface area contributed by atoms with Crippen molar-refractivity contribution in [3.63, 3.8) is 0 Å². The molecule has 0 aliphatic carbocycles. The minimum Gasteiger partial charge on any atom is -0.306 e. The van der Waals surface area contributed by atoms with E-state index < -0.39 is 0 Å². The van der Waals surface area contributed by atoms with Crippen LogP contribution in [0.15, 0.2) is 285 Å². The van der Waals surface area contributed by atoms with Crippen molar-refractivity contribution >= 4 is 34.4 Å². The normalized spacial score (nSPS) is 11.7. The molecule has 9 nitrogen and oxygen atoms in total. The molecule has 0 fully saturated rings. The van der Waals surface area contributed by atoms with Crippen LogP contribution in [-0.2, 0) is 0 Å². The fraction of sp³-hybridized carbons (Fsp3) is 0. The Morgan fingerprint density at radius 2 is 0.500 bits per heavy atom. The van der Waals surface area contributed by atoms with E-state index in [1.165, 1.54) is 0 Å². The summed E-state index contributed by atoms with van der Waals surface area (Å²) >= 11 is 0. The van der Waals surface area contributed by atoms with Gasteiger partial charge in [0, 0.05) is 44.5 Å². The number of anilines is 6. The first-order chi connectivity index (χ1) is 39.7. The molecule has 3 aromatic heterocycles. The van der Waals surface area contributed by atoms with Gasteiger partial charge in [-0.05, 0) is 59.7 Å². The summed E-state index contributed by atoms with van der Waals surface area (Å²) in [6.07, 6.45) is 0. The summed E-state index contributed by atoms with van der Waals surface area (Å²) in [5.41, 5.74) is 16.7. The molecule has 0 atom stereocenters. The Bertz CT molecular complexity index is 4120. The minimum atomic E-state index is 0.514.